The lowest BCUT2D eigenvalue weighted by Gasteiger charge is -2.10. The van der Waals surface area contributed by atoms with Crippen LogP contribution in [0.5, 0.6) is 5.75 Å². The fraction of sp³-hybridized carbons (Fsp3) is 0.267. The van der Waals surface area contributed by atoms with E-state index in [0.29, 0.717) is 24.4 Å². The van der Waals surface area contributed by atoms with E-state index >= 15 is 0 Å². The SMILES string of the molecule is COc1cc(C(=O)O)ccc1CCNC(=O)c1c(Cl)cnn1C. The number of carboxylic acids is 1. The number of methoxy groups -OCH3 is 1. The average Bonchev–Trinajstić information content (AvgIpc) is 2.86. The van der Waals surface area contributed by atoms with Gasteiger partial charge in [-0.25, -0.2) is 4.79 Å². The number of aromatic nitrogens is 2. The molecular weight excluding hydrogens is 322 g/mol. The highest BCUT2D eigenvalue weighted by Gasteiger charge is 2.15. The smallest absolute Gasteiger partial charge is 0.335 e. The first kappa shape index (κ1) is 16.8. The van der Waals surface area contributed by atoms with Gasteiger partial charge >= 0.3 is 5.97 Å². The van der Waals surface area contributed by atoms with E-state index in [9.17, 15) is 9.59 Å². The molecule has 7 nitrogen and oxygen atoms in total. The highest BCUT2D eigenvalue weighted by atomic mass is 35.5. The van der Waals surface area contributed by atoms with Crippen LogP contribution in [0.2, 0.25) is 5.02 Å². The number of aryl methyl sites for hydroxylation is 1. The molecule has 0 aliphatic heterocycles. The predicted molar refractivity (Wildman–Crippen MR) is 84.2 cm³/mol. The fourth-order valence-electron chi connectivity index (χ4n) is 2.14. The number of halogens is 1. The number of hydrogen-bond donors (Lipinski definition) is 2. The van der Waals surface area contributed by atoms with Gasteiger partial charge in [-0.15, -0.1) is 0 Å². The number of carbonyl (C=O) groups is 2. The summed E-state index contributed by atoms with van der Waals surface area (Å²) in [4.78, 5) is 23.0. The van der Waals surface area contributed by atoms with E-state index in [2.05, 4.69) is 10.4 Å². The molecule has 0 saturated carbocycles. The van der Waals surface area contributed by atoms with Crippen molar-refractivity contribution in [2.45, 2.75) is 6.42 Å². The van der Waals surface area contributed by atoms with Gasteiger partial charge in [-0.1, -0.05) is 17.7 Å². The number of amides is 1. The van der Waals surface area contributed by atoms with Crippen LogP contribution in [0.4, 0.5) is 0 Å². The predicted octanol–water partition coefficient (Wildman–Crippen LogP) is 1.75. The first-order valence-corrected chi connectivity index (χ1v) is 7.17. The summed E-state index contributed by atoms with van der Waals surface area (Å²) < 4.78 is 6.60. The third kappa shape index (κ3) is 3.81. The van der Waals surface area contributed by atoms with Crippen molar-refractivity contribution in [1.82, 2.24) is 15.1 Å². The number of aromatic carboxylic acids is 1. The molecular formula is C15H16ClN3O4. The zero-order chi connectivity index (χ0) is 17.0. The van der Waals surface area contributed by atoms with E-state index < -0.39 is 5.97 Å². The maximum absolute atomic E-state index is 12.1. The van der Waals surface area contributed by atoms with Crippen molar-refractivity contribution in [3.05, 3.63) is 46.2 Å². The highest BCUT2D eigenvalue weighted by Crippen LogP contribution is 2.21. The number of hydrogen-bond acceptors (Lipinski definition) is 4. The van der Waals surface area contributed by atoms with Crippen molar-refractivity contribution in [3.63, 3.8) is 0 Å². The first-order chi connectivity index (χ1) is 10.9. The molecule has 0 aliphatic carbocycles. The molecule has 23 heavy (non-hydrogen) atoms. The molecule has 0 fully saturated rings. The molecule has 8 heteroatoms. The second-order valence-corrected chi connectivity index (χ2v) is 5.21. The summed E-state index contributed by atoms with van der Waals surface area (Å²) in [5, 5.41) is 15.9. The van der Waals surface area contributed by atoms with Gasteiger partial charge in [-0.2, -0.15) is 5.10 Å². The highest BCUT2D eigenvalue weighted by molar-refractivity contribution is 6.33. The van der Waals surface area contributed by atoms with E-state index in [0.717, 1.165) is 5.56 Å². The standard InChI is InChI=1S/C15H16ClN3O4/c1-19-13(11(16)8-18-19)14(20)17-6-5-9-3-4-10(15(21)22)7-12(9)23-2/h3-4,7-8H,5-6H2,1-2H3,(H,17,20)(H,21,22). The van der Waals surface area contributed by atoms with Gasteiger partial charge in [0.25, 0.3) is 5.91 Å². The number of ether oxygens (including phenoxy) is 1. The summed E-state index contributed by atoms with van der Waals surface area (Å²) in [6.45, 7) is 0.350. The van der Waals surface area contributed by atoms with Gasteiger partial charge in [0.15, 0.2) is 0 Å². The molecule has 2 rings (SSSR count). The van der Waals surface area contributed by atoms with Crippen LogP contribution in [0.1, 0.15) is 26.4 Å². The Kier molecular flexibility index (Phi) is 5.23. The Morgan fingerprint density at radius 3 is 2.74 bits per heavy atom. The van der Waals surface area contributed by atoms with Crippen molar-refractivity contribution in [1.29, 1.82) is 0 Å². The monoisotopic (exact) mass is 337 g/mol. The Morgan fingerprint density at radius 2 is 2.17 bits per heavy atom. The Balaban J connectivity index is 2.01. The van der Waals surface area contributed by atoms with Gasteiger partial charge < -0.3 is 15.2 Å². The van der Waals surface area contributed by atoms with Crippen LogP contribution in [0.25, 0.3) is 0 Å². The Bertz CT molecular complexity index is 723. The Hall–Kier alpha value is -2.54. The summed E-state index contributed by atoms with van der Waals surface area (Å²) >= 11 is 5.91. The van der Waals surface area contributed by atoms with Crippen LogP contribution < -0.4 is 10.1 Å². The molecule has 0 unspecified atom stereocenters. The minimum absolute atomic E-state index is 0.149. The summed E-state index contributed by atoms with van der Waals surface area (Å²) in [5.74, 6) is -0.872. The van der Waals surface area contributed by atoms with E-state index in [-0.39, 0.29) is 16.5 Å². The molecule has 0 bridgehead atoms. The van der Waals surface area contributed by atoms with Crippen molar-refractivity contribution in [2.24, 2.45) is 7.05 Å². The maximum atomic E-state index is 12.1. The maximum Gasteiger partial charge on any atom is 0.335 e. The van der Waals surface area contributed by atoms with E-state index in [1.165, 1.54) is 30.1 Å². The molecule has 2 N–H and O–H groups in total. The molecule has 1 amide bonds. The summed E-state index contributed by atoms with van der Waals surface area (Å²) in [6, 6.07) is 4.63. The molecule has 1 aromatic carbocycles. The van der Waals surface area contributed by atoms with Crippen LogP contribution in [0.3, 0.4) is 0 Å². The molecule has 1 aromatic heterocycles. The third-order valence-electron chi connectivity index (χ3n) is 3.32. The Morgan fingerprint density at radius 1 is 1.43 bits per heavy atom. The average molecular weight is 338 g/mol. The van der Waals surface area contributed by atoms with Gasteiger partial charge in [0.05, 0.1) is 23.9 Å². The van der Waals surface area contributed by atoms with Gasteiger partial charge in [-0.3, -0.25) is 9.48 Å². The Labute approximate surface area is 137 Å². The number of rotatable bonds is 6. The van der Waals surface area contributed by atoms with Gasteiger partial charge in [0.1, 0.15) is 11.4 Å². The number of nitrogens with one attached hydrogen (secondary N) is 1. The number of carboxylic acid groups (broad SMARTS) is 1. The van der Waals surface area contributed by atoms with Crippen LogP contribution in [0.15, 0.2) is 24.4 Å². The van der Waals surface area contributed by atoms with E-state index in [4.69, 9.17) is 21.4 Å². The minimum Gasteiger partial charge on any atom is -0.496 e. The summed E-state index contributed by atoms with van der Waals surface area (Å²) in [5.41, 5.74) is 1.24. The zero-order valence-corrected chi connectivity index (χ0v) is 13.4. The largest absolute Gasteiger partial charge is 0.496 e. The molecule has 0 spiro atoms. The molecule has 122 valence electrons. The van der Waals surface area contributed by atoms with Gasteiger partial charge in [0.2, 0.25) is 0 Å². The second kappa shape index (κ2) is 7.15. The fourth-order valence-corrected chi connectivity index (χ4v) is 2.40. The quantitative estimate of drug-likeness (QED) is 0.837. The molecule has 1 heterocycles. The topological polar surface area (TPSA) is 93.4 Å². The molecule has 0 saturated heterocycles. The van der Waals surface area contributed by atoms with Gasteiger partial charge in [-0.05, 0) is 24.1 Å². The van der Waals surface area contributed by atoms with Crippen molar-refractivity contribution < 1.29 is 19.4 Å². The van der Waals surface area contributed by atoms with Crippen LogP contribution >= 0.6 is 11.6 Å². The van der Waals surface area contributed by atoms with Crippen LogP contribution in [-0.2, 0) is 13.5 Å². The van der Waals surface area contributed by atoms with Crippen LogP contribution in [0, 0.1) is 0 Å². The zero-order valence-electron chi connectivity index (χ0n) is 12.7. The molecule has 2 aromatic rings. The van der Waals surface area contributed by atoms with Crippen molar-refractivity contribution in [2.75, 3.05) is 13.7 Å². The lowest BCUT2D eigenvalue weighted by molar-refractivity contribution is 0.0696. The number of carbonyl (C=O) groups excluding carboxylic acids is 1. The van der Waals surface area contributed by atoms with E-state index in [1.807, 2.05) is 0 Å². The van der Waals surface area contributed by atoms with Crippen molar-refractivity contribution in [3.8, 4) is 5.75 Å². The molecule has 0 radical (unpaired) electrons. The van der Waals surface area contributed by atoms with Crippen molar-refractivity contribution >= 4 is 23.5 Å². The normalized spacial score (nSPS) is 10.4. The van der Waals surface area contributed by atoms with E-state index in [1.54, 1.807) is 13.1 Å². The lowest BCUT2D eigenvalue weighted by Crippen LogP contribution is -2.28. The second-order valence-electron chi connectivity index (χ2n) is 4.80. The molecule has 0 atom stereocenters. The third-order valence-corrected chi connectivity index (χ3v) is 3.60. The lowest BCUT2D eigenvalue weighted by atomic mass is 10.1. The summed E-state index contributed by atoms with van der Waals surface area (Å²) in [7, 11) is 3.10. The summed E-state index contributed by atoms with van der Waals surface area (Å²) in [6.07, 6.45) is 1.90. The first-order valence-electron chi connectivity index (χ1n) is 6.80. The van der Waals surface area contributed by atoms with Gasteiger partial charge in [0, 0.05) is 13.6 Å². The number of benzene rings is 1. The van der Waals surface area contributed by atoms with Crippen LogP contribution in [-0.4, -0.2) is 40.4 Å². The molecule has 0 aliphatic rings. The number of nitrogens with zero attached hydrogens (tertiary/aromatic N) is 2. The minimum atomic E-state index is -1.02.